The summed E-state index contributed by atoms with van der Waals surface area (Å²) in [5, 5.41) is 13.5. The van der Waals surface area contributed by atoms with Crippen LogP contribution in [0.2, 0.25) is 0 Å². The minimum atomic E-state index is -4.57. The molecule has 0 aliphatic rings. The smallest absolute Gasteiger partial charge is 0.268 e. The summed E-state index contributed by atoms with van der Waals surface area (Å²) in [7, 11) is 1.24. The molecule has 0 bridgehead atoms. The molecule has 0 radical (unpaired) electrons. The van der Waals surface area contributed by atoms with Crippen molar-refractivity contribution in [2.45, 2.75) is 154 Å². The third kappa shape index (κ3) is 29.7. The highest BCUT2D eigenvalue weighted by Gasteiger charge is 2.23. The Labute approximate surface area is 271 Å². The standard InChI is InChI=1S/C35H69N2O6P/c1-6-8-10-12-13-14-15-16-17-18-19-20-21-22-23-24-25-26-28-34(38)33(36-35(39)29-27-11-9-7-2)32-43-44(40,41)42-31-30-37(3,4)5/h22-23,26,28,33-34,38H,6-21,24-25,27,29-32H2,1-5H3,(H-,36,39,40,41)/b23-22+,28-26+. The Morgan fingerprint density at radius 3 is 1.84 bits per heavy atom. The predicted molar refractivity (Wildman–Crippen MR) is 182 cm³/mol. The van der Waals surface area contributed by atoms with Crippen molar-refractivity contribution >= 4 is 13.7 Å². The lowest BCUT2D eigenvalue weighted by Gasteiger charge is -2.29. The van der Waals surface area contributed by atoms with E-state index in [1.807, 2.05) is 27.2 Å². The Morgan fingerprint density at radius 1 is 0.773 bits per heavy atom. The summed E-state index contributed by atoms with van der Waals surface area (Å²) in [4.78, 5) is 24.7. The van der Waals surface area contributed by atoms with Gasteiger partial charge in [0.1, 0.15) is 13.2 Å². The van der Waals surface area contributed by atoms with E-state index in [4.69, 9.17) is 9.05 Å². The molecule has 44 heavy (non-hydrogen) atoms. The minimum absolute atomic E-state index is 0.00594. The van der Waals surface area contributed by atoms with Crippen molar-refractivity contribution in [1.29, 1.82) is 0 Å². The molecule has 0 aromatic carbocycles. The Kier molecular flexibility index (Phi) is 27.6. The number of allylic oxidation sites excluding steroid dienone is 3. The number of aliphatic hydroxyl groups excluding tert-OH is 1. The third-order valence-corrected chi connectivity index (χ3v) is 8.63. The Morgan fingerprint density at radius 2 is 1.27 bits per heavy atom. The number of hydrogen-bond acceptors (Lipinski definition) is 6. The Hall–Kier alpha value is -1.02. The van der Waals surface area contributed by atoms with Crippen molar-refractivity contribution in [3.05, 3.63) is 24.3 Å². The highest BCUT2D eigenvalue weighted by molar-refractivity contribution is 7.45. The minimum Gasteiger partial charge on any atom is -0.756 e. The highest BCUT2D eigenvalue weighted by atomic mass is 31.2. The SMILES string of the molecule is CCCCCCCCCCCCCC/C=C/CC/C=C/C(O)C(COP(=O)([O-])OCC[N+](C)(C)C)NC(=O)CCCCCC. The summed E-state index contributed by atoms with van der Waals surface area (Å²) in [5.41, 5.74) is 0. The lowest BCUT2D eigenvalue weighted by Crippen LogP contribution is -2.45. The zero-order valence-corrected chi connectivity index (χ0v) is 30.0. The van der Waals surface area contributed by atoms with Crippen LogP contribution in [0, 0.1) is 0 Å². The van der Waals surface area contributed by atoms with Gasteiger partial charge in [-0.25, -0.2) is 0 Å². The van der Waals surface area contributed by atoms with E-state index in [0.717, 1.165) is 44.9 Å². The number of carbonyl (C=O) groups is 1. The molecule has 3 atom stereocenters. The fraction of sp³-hybridized carbons (Fsp3) is 0.857. The molecular weight excluding hydrogens is 575 g/mol. The molecule has 0 saturated heterocycles. The first-order chi connectivity index (χ1) is 21.0. The topological polar surface area (TPSA) is 108 Å². The van der Waals surface area contributed by atoms with Crippen LogP contribution in [0.4, 0.5) is 0 Å². The van der Waals surface area contributed by atoms with Gasteiger partial charge in [0.05, 0.1) is 39.9 Å². The molecule has 2 N–H and O–H groups in total. The molecule has 0 aromatic rings. The molecule has 3 unspecified atom stereocenters. The second kappa shape index (κ2) is 28.2. The molecule has 0 aliphatic heterocycles. The zero-order chi connectivity index (χ0) is 32.9. The van der Waals surface area contributed by atoms with E-state index < -0.39 is 26.6 Å². The quantitative estimate of drug-likeness (QED) is 0.0343. The maximum Gasteiger partial charge on any atom is 0.268 e. The van der Waals surface area contributed by atoms with Crippen LogP contribution in [0.15, 0.2) is 24.3 Å². The van der Waals surface area contributed by atoms with Gasteiger partial charge in [-0.1, -0.05) is 128 Å². The van der Waals surface area contributed by atoms with Crippen molar-refractivity contribution in [3.8, 4) is 0 Å². The number of rotatable bonds is 31. The number of hydrogen-bond donors (Lipinski definition) is 2. The van der Waals surface area contributed by atoms with Crippen molar-refractivity contribution in [2.24, 2.45) is 0 Å². The molecule has 0 rings (SSSR count). The maximum atomic E-state index is 12.5. The third-order valence-electron chi connectivity index (χ3n) is 7.66. The first-order valence-corrected chi connectivity index (χ1v) is 19.2. The average Bonchev–Trinajstić information content (AvgIpc) is 2.96. The van der Waals surface area contributed by atoms with Gasteiger partial charge in [0, 0.05) is 6.42 Å². The largest absolute Gasteiger partial charge is 0.756 e. The summed E-state index contributed by atoms with van der Waals surface area (Å²) in [5.74, 6) is -0.227. The average molecular weight is 645 g/mol. The number of aliphatic hydroxyl groups is 1. The second-order valence-corrected chi connectivity index (χ2v) is 14.6. The van der Waals surface area contributed by atoms with Crippen molar-refractivity contribution in [3.63, 3.8) is 0 Å². The summed E-state index contributed by atoms with van der Waals surface area (Å²) in [6.45, 7) is 4.47. The molecule has 0 aliphatic carbocycles. The number of carbonyl (C=O) groups excluding carboxylic acids is 1. The normalized spacial score (nSPS) is 15.2. The predicted octanol–water partition coefficient (Wildman–Crippen LogP) is 7.99. The molecule has 0 heterocycles. The lowest BCUT2D eigenvalue weighted by molar-refractivity contribution is -0.870. The summed E-state index contributed by atoms with van der Waals surface area (Å²) >= 11 is 0. The second-order valence-electron chi connectivity index (χ2n) is 13.2. The maximum absolute atomic E-state index is 12.5. The van der Waals surface area contributed by atoms with E-state index in [1.165, 1.54) is 77.0 Å². The molecule has 1 amide bonds. The molecular formula is C35H69N2O6P. The number of amides is 1. The van der Waals surface area contributed by atoms with E-state index in [9.17, 15) is 19.4 Å². The van der Waals surface area contributed by atoms with Gasteiger partial charge in [-0.3, -0.25) is 9.36 Å². The van der Waals surface area contributed by atoms with Crippen LogP contribution >= 0.6 is 7.82 Å². The van der Waals surface area contributed by atoms with Crippen LogP contribution in [-0.4, -0.2) is 68.5 Å². The van der Waals surface area contributed by atoms with Gasteiger partial charge in [-0.05, 0) is 32.1 Å². The van der Waals surface area contributed by atoms with Crippen LogP contribution in [0.5, 0.6) is 0 Å². The molecule has 8 nitrogen and oxygen atoms in total. The van der Waals surface area contributed by atoms with Gasteiger partial charge in [0.2, 0.25) is 5.91 Å². The molecule has 0 spiro atoms. The molecule has 0 aromatic heterocycles. The highest BCUT2D eigenvalue weighted by Crippen LogP contribution is 2.38. The van der Waals surface area contributed by atoms with Crippen molar-refractivity contribution < 1.29 is 32.9 Å². The van der Waals surface area contributed by atoms with E-state index in [0.29, 0.717) is 17.4 Å². The Balaban J connectivity index is 4.39. The zero-order valence-electron chi connectivity index (χ0n) is 29.1. The van der Waals surface area contributed by atoms with E-state index in [2.05, 4.69) is 31.3 Å². The van der Waals surface area contributed by atoms with Crippen LogP contribution in [0.1, 0.15) is 142 Å². The van der Waals surface area contributed by atoms with Crippen LogP contribution in [0.3, 0.4) is 0 Å². The first-order valence-electron chi connectivity index (χ1n) is 17.7. The van der Waals surface area contributed by atoms with Crippen LogP contribution in [-0.2, 0) is 18.4 Å². The van der Waals surface area contributed by atoms with Gasteiger partial charge < -0.3 is 28.8 Å². The molecule has 260 valence electrons. The van der Waals surface area contributed by atoms with Gasteiger partial charge in [-0.2, -0.15) is 0 Å². The summed E-state index contributed by atoms with van der Waals surface area (Å²) < 4.78 is 22.9. The first kappa shape index (κ1) is 43.0. The van der Waals surface area contributed by atoms with Gasteiger partial charge >= 0.3 is 0 Å². The van der Waals surface area contributed by atoms with Gasteiger partial charge in [-0.15, -0.1) is 0 Å². The van der Waals surface area contributed by atoms with Crippen molar-refractivity contribution in [1.82, 2.24) is 5.32 Å². The van der Waals surface area contributed by atoms with E-state index in [1.54, 1.807) is 6.08 Å². The number of likely N-dealkylation sites (N-methyl/N-ethyl adjacent to an activating group) is 1. The number of phosphoric ester groups is 1. The molecule has 0 fully saturated rings. The number of nitrogens with one attached hydrogen (secondary N) is 1. The fourth-order valence-corrected chi connectivity index (χ4v) is 5.48. The monoisotopic (exact) mass is 644 g/mol. The number of quaternary nitrogens is 1. The van der Waals surface area contributed by atoms with Gasteiger partial charge in [0.15, 0.2) is 0 Å². The number of nitrogens with zero attached hydrogens (tertiary/aromatic N) is 1. The summed E-state index contributed by atoms with van der Waals surface area (Å²) in [6, 6.07) is -0.893. The summed E-state index contributed by atoms with van der Waals surface area (Å²) in [6.07, 6.45) is 30.0. The van der Waals surface area contributed by atoms with Crippen LogP contribution in [0.25, 0.3) is 0 Å². The van der Waals surface area contributed by atoms with E-state index in [-0.39, 0.29) is 12.5 Å². The Bertz CT molecular complexity index is 784. The molecule has 0 saturated carbocycles. The fourth-order valence-electron chi connectivity index (χ4n) is 4.75. The van der Waals surface area contributed by atoms with Crippen molar-refractivity contribution in [2.75, 3.05) is 40.9 Å². The van der Waals surface area contributed by atoms with Crippen LogP contribution < -0.4 is 10.2 Å². The number of unbranched alkanes of at least 4 members (excludes halogenated alkanes) is 16. The van der Waals surface area contributed by atoms with Gasteiger partial charge in [0.25, 0.3) is 7.82 Å². The van der Waals surface area contributed by atoms with E-state index >= 15 is 0 Å². The lowest BCUT2D eigenvalue weighted by atomic mass is 10.0. The molecule has 9 heteroatoms. The number of phosphoric acid groups is 1.